The van der Waals surface area contributed by atoms with Gasteiger partial charge in [0.05, 0.1) is 16.5 Å². The van der Waals surface area contributed by atoms with Crippen molar-refractivity contribution >= 4 is 16.8 Å². The molecular formula is C20H20FN3O2. The van der Waals surface area contributed by atoms with E-state index in [4.69, 9.17) is 0 Å². The Bertz CT molecular complexity index is 1010. The first-order chi connectivity index (χ1) is 12.6. The Balaban J connectivity index is 2.24. The molecule has 0 radical (unpaired) electrons. The van der Waals surface area contributed by atoms with Crippen molar-refractivity contribution in [3.63, 3.8) is 0 Å². The Morgan fingerprint density at radius 1 is 1.08 bits per heavy atom. The summed E-state index contributed by atoms with van der Waals surface area (Å²) in [6.07, 6.45) is 0. The van der Waals surface area contributed by atoms with Crippen LogP contribution in [0.25, 0.3) is 22.3 Å². The molecule has 1 heterocycles. The maximum absolute atomic E-state index is 14.4. The molecule has 0 atom stereocenters. The van der Waals surface area contributed by atoms with E-state index in [1.807, 2.05) is 13.8 Å². The fraction of sp³-hybridized carbons (Fsp3) is 0.250. The van der Waals surface area contributed by atoms with Crippen LogP contribution in [-0.4, -0.2) is 33.4 Å². The van der Waals surface area contributed by atoms with E-state index in [1.165, 1.54) is 10.6 Å². The summed E-state index contributed by atoms with van der Waals surface area (Å²) in [7, 11) is 0. The smallest absolute Gasteiger partial charge is 0.262 e. The number of aromatic nitrogens is 2. The lowest BCUT2D eigenvalue weighted by atomic mass is 10.1. The van der Waals surface area contributed by atoms with Crippen LogP contribution in [0, 0.1) is 5.82 Å². The fourth-order valence-electron chi connectivity index (χ4n) is 2.97. The molecule has 6 heteroatoms. The maximum atomic E-state index is 14.4. The predicted octanol–water partition coefficient (Wildman–Crippen LogP) is 3.07. The van der Waals surface area contributed by atoms with Gasteiger partial charge in [0.25, 0.3) is 5.56 Å². The summed E-state index contributed by atoms with van der Waals surface area (Å²) in [6, 6.07) is 13.0. The van der Waals surface area contributed by atoms with E-state index in [9.17, 15) is 14.0 Å². The van der Waals surface area contributed by atoms with Crippen LogP contribution in [0.15, 0.2) is 53.3 Å². The van der Waals surface area contributed by atoms with Crippen molar-refractivity contribution in [2.75, 3.05) is 13.1 Å². The van der Waals surface area contributed by atoms with Gasteiger partial charge in [-0.05, 0) is 38.1 Å². The lowest BCUT2D eigenvalue weighted by molar-refractivity contribution is -0.131. The zero-order valence-electron chi connectivity index (χ0n) is 14.8. The topological polar surface area (TPSA) is 55.2 Å². The first-order valence-electron chi connectivity index (χ1n) is 8.59. The molecule has 5 nitrogen and oxygen atoms in total. The van der Waals surface area contributed by atoms with Gasteiger partial charge in [0.2, 0.25) is 5.91 Å². The highest BCUT2D eigenvalue weighted by molar-refractivity contribution is 5.81. The molecule has 0 aliphatic carbocycles. The van der Waals surface area contributed by atoms with Gasteiger partial charge in [0, 0.05) is 13.1 Å². The molecule has 0 fully saturated rings. The van der Waals surface area contributed by atoms with Crippen LogP contribution in [0.5, 0.6) is 0 Å². The van der Waals surface area contributed by atoms with Crippen LogP contribution >= 0.6 is 0 Å². The van der Waals surface area contributed by atoms with Crippen molar-refractivity contribution in [3.05, 3.63) is 64.7 Å². The number of carbonyl (C=O) groups excluding carboxylic acids is 1. The number of hydrogen-bond donors (Lipinski definition) is 0. The summed E-state index contributed by atoms with van der Waals surface area (Å²) >= 11 is 0. The van der Waals surface area contributed by atoms with Crippen molar-refractivity contribution in [2.24, 2.45) is 0 Å². The summed E-state index contributed by atoms with van der Waals surface area (Å²) in [5, 5.41) is 0.403. The largest absolute Gasteiger partial charge is 0.342 e. The quantitative estimate of drug-likeness (QED) is 0.708. The minimum absolute atomic E-state index is 0.160. The number of likely N-dealkylation sites (N-methyl/N-ethyl adjacent to an activating group) is 1. The molecule has 0 spiro atoms. The summed E-state index contributed by atoms with van der Waals surface area (Å²) in [6.45, 7) is 4.66. The van der Waals surface area contributed by atoms with Gasteiger partial charge in [0.1, 0.15) is 18.2 Å². The van der Waals surface area contributed by atoms with E-state index in [0.717, 1.165) is 0 Å². The molecule has 0 aliphatic heterocycles. The van der Waals surface area contributed by atoms with E-state index in [-0.39, 0.29) is 29.4 Å². The molecule has 134 valence electrons. The van der Waals surface area contributed by atoms with E-state index < -0.39 is 5.82 Å². The lowest BCUT2D eigenvalue weighted by Crippen LogP contribution is -2.37. The molecule has 0 unspecified atom stereocenters. The van der Waals surface area contributed by atoms with Gasteiger partial charge in [-0.15, -0.1) is 0 Å². The van der Waals surface area contributed by atoms with Gasteiger partial charge in [-0.2, -0.15) is 0 Å². The molecule has 1 aromatic heterocycles. The number of halogens is 1. The molecule has 1 amide bonds. The second-order valence-corrected chi connectivity index (χ2v) is 5.89. The van der Waals surface area contributed by atoms with E-state index >= 15 is 0 Å². The zero-order chi connectivity index (χ0) is 18.7. The van der Waals surface area contributed by atoms with Crippen molar-refractivity contribution in [2.45, 2.75) is 20.4 Å². The number of nitrogens with zero attached hydrogens (tertiary/aromatic N) is 3. The number of hydrogen-bond acceptors (Lipinski definition) is 3. The summed E-state index contributed by atoms with van der Waals surface area (Å²) in [5.74, 6) is -0.530. The van der Waals surface area contributed by atoms with Crippen LogP contribution in [0.4, 0.5) is 4.39 Å². The Morgan fingerprint density at radius 3 is 2.42 bits per heavy atom. The van der Waals surface area contributed by atoms with Gasteiger partial charge >= 0.3 is 0 Å². The first-order valence-corrected chi connectivity index (χ1v) is 8.59. The Kier molecular flexibility index (Phi) is 5.11. The summed E-state index contributed by atoms with van der Waals surface area (Å²) < 4.78 is 15.6. The highest BCUT2D eigenvalue weighted by Crippen LogP contribution is 2.22. The third-order valence-corrected chi connectivity index (χ3v) is 4.39. The molecule has 0 aliphatic rings. The standard InChI is InChI=1S/C20H20FN3O2/c1-3-23(4-2)18(25)13-24-19(14-9-5-7-11-16(14)21)22-17-12-8-6-10-15(17)20(24)26/h5-12H,3-4,13H2,1-2H3. The van der Waals surface area contributed by atoms with Crippen LogP contribution < -0.4 is 5.56 Å². The van der Waals surface area contributed by atoms with Crippen molar-refractivity contribution in [1.29, 1.82) is 0 Å². The Hall–Kier alpha value is -3.02. The normalized spacial score (nSPS) is 10.9. The van der Waals surface area contributed by atoms with E-state index in [1.54, 1.807) is 47.4 Å². The van der Waals surface area contributed by atoms with Crippen LogP contribution in [0.2, 0.25) is 0 Å². The minimum Gasteiger partial charge on any atom is -0.342 e. The van der Waals surface area contributed by atoms with Crippen molar-refractivity contribution < 1.29 is 9.18 Å². The van der Waals surface area contributed by atoms with Gasteiger partial charge in [-0.25, -0.2) is 9.37 Å². The van der Waals surface area contributed by atoms with Crippen molar-refractivity contribution in [1.82, 2.24) is 14.5 Å². The van der Waals surface area contributed by atoms with Crippen LogP contribution in [0.1, 0.15) is 13.8 Å². The van der Waals surface area contributed by atoms with Gasteiger partial charge < -0.3 is 4.90 Å². The summed E-state index contributed by atoms with van der Waals surface area (Å²) in [5.41, 5.74) is 0.319. The number of carbonyl (C=O) groups is 1. The highest BCUT2D eigenvalue weighted by Gasteiger charge is 2.19. The number of benzene rings is 2. The highest BCUT2D eigenvalue weighted by atomic mass is 19.1. The Morgan fingerprint density at radius 2 is 1.73 bits per heavy atom. The van der Waals surface area contributed by atoms with Crippen molar-refractivity contribution in [3.8, 4) is 11.4 Å². The molecule has 0 saturated carbocycles. The van der Waals surface area contributed by atoms with Gasteiger partial charge in [0.15, 0.2) is 0 Å². The third kappa shape index (κ3) is 3.22. The lowest BCUT2D eigenvalue weighted by Gasteiger charge is -2.20. The molecule has 0 bridgehead atoms. The van der Waals surface area contributed by atoms with E-state index in [0.29, 0.717) is 24.0 Å². The average Bonchev–Trinajstić information content (AvgIpc) is 2.65. The summed E-state index contributed by atoms with van der Waals surface area (Å²) in [4.78, 5) is 31.7. The number of fused-ring (bicyclic) bond motifs is 1. The van der Waals surface area contributed by atoms with Crippen LogP contribution in [-0.2, 0) is 11.3 Å². The van der Waals surface area contributed by atoms with Gasteiger partial charge in [-0.1, -0.05) is 24.3 Å². The minimum atomic E-state index is -0.487. The second-order valence-electron chi connectivity index (χ2n) is 5.89. The number of amides is 1. The first kappa shape index (κ1) is 17.8. The molecule has 3 aromatic rings. The second kappa shape index (κ2) is 7.47. The number of rotatable bonds is 5. The molecule has 2 aromatic carbocycles. The average molecular weight is 353 g/mol. The predicted molar refractivity (Wildman–Crippen MR) is 99.3 cm³/mol. The molecule has 0 N–H and O–H groups in total. The zero-order valence-corrected chi connectivity index (χ0v) is 14.8. The Labute approximate surface area is 150 Å². The fourth-order valence-corrected chi connectivity index (χ4v) is 2.97. The maximum Gasteiger partial charge on any atom is 0.262 e. The number of para-hydroxylation sites is 1. The third-order valence-electron chi connectivity index (χ3n) is 4.39. The van der Waals surface area contributed by atoms with E-state index in [2.05, 4.69) is 4.98 Å². The molecule has 3 rings (SSSR count). The van der Waals surface area contributed by atoms with Crippen LogP contribution in [0.3, 0.4) is 0 Å². The molecule has 0 saturated heterocycles. The molecular weight excluding hydrogens is 333 g/mol. The van der Waals surface area contributed by atoms with Gasteiger partial charge in [-0.3, -0.25) is 14.2 Å². The monoisotopic (exact) mass is 353 g/mol. The SMILES string of the molecule is CCN(CC)C(=O)Cn1c(-c2ccccc2F)nc2ccccc2c1=O. The molecule has 26 heavy (non-hydrogen) atoms.